The van der Waals surface area contributed by atoms with Crippen LogP contribution >= 0.6 is 0 Å². The minimum absolute atomic E-state index is 0.0660. The van der Waals surface area contributed by atoms with Crippen LogP contribution in [-0.4, -0.2) is 43.4 Å². The second kappa shape index (κ2) is 6.97. The lowest BCUT2D eigenvalue weighted by Gasteiger charge is -2.23. The van der Waals surface area contributed by atoms with Crippen LogP contribution in [0.1, 0.15) is 12.0 Å². The number of benzene rings is 1. The largest absolute Gasteiger partial charge is 0.389 e. The first-order chi connectivity index (χ1) is 8.80. The van der Waals surface area contributed by atoms with Crippen LogP contribution in [0.25, 0.3) is 0 Å². The van der Waals surface area contributed by atoms with Gasteiger partial charge in [-0.25, -0.2) is 0 Å². The Balaban J connectivity index is 0.000000200. The number of nitrogens with two attached hydrogens (primary N) is 1. The highest BCUT2D eigenvalue weighted by atomic mass is 32.2. The highest BCUT2D eigenvalue weighted by Gasteiger charge is 2.18. The van der Waals surface area contributed by atoms with Crippen LogP contribution in [0.5, 0.6) is 0 Å². The predicted octanol–water partition coefficient (Wildman–Crippen LogP) is 0.337. The molecule has 4 N–H and O–H groups in total. The number of aryl methyl sites for hydroxylation is 1. The van der Waals surface area contributed by atoms with E-state index in [0.717, 1.165) is 12.0 Å². The molecule has 6 nitrogen and oxygen atoms in total. The first kappa shape index (κ1) is 16.1. The second-order valence-electron chi connectivity index (χ2n) is 4.38. The Hall–Kier alpha value is -0.990. The summed E-state index contributed by atoms with van der Waals surface area (Å²) < 4.78 is 34.5. The molecule has 19 heavy (non-hydrogen) atoms. The fourth-order valence-corrected chi connectivity index (χ4v) is 1.93. The highest BCUT2D eigenvalue weighted by Crippen LogP contribution is 2.08. The van der Waals surface area contributed by atoms with Crippen molar-refractivity contribution < 1.29 is 22.8 Å². The van der Waals surface area contributed by atoms with Crippen molar-refractivity contribution >= 4 is 10.1 Å². The average molecular weight is 289 g/mol. The Bertz CT molecular complexity index is 475. The number of aliphatic hydroxyl groups excluding tert-OH is 1. The van der Waals surface area contributed by atoms with E-state index in [2.05, 4.69) is 0 Å². The van der Waals surface area contributed by atoms with Gasteiger partial charge in [0.1, 0.15) is 0 Å². The van der Waals surface area contributed by atoms with E-state index in [1.54, 1.807) is 12.1 Å². The van der Waals surface area contributed by atoms with E-state index in [-0.39, 0.29) is 10.9 Å². The molecule has 1 aliphatic rings. The smallest absolute Gasteiger partial charge is 0.294 e. The number of ether oxygens (including phenoxy) is 1. The van der Waals surface area contributed by atoms with Gasteiger partial charge in [-0.3, -0.25) is 4.55 Å². The lowest BCUT2D eigenvalue weighted by molar-refractivity contribution is -0.0182. The molecule has 2 atom stereocenters. The molecule has 0 aromatic heterocycles. The molecule has 0 bridgehead atoms. The van der Waals surface area contributed by atoms with Gasteiger partial charge >= 0.3 is 0 Å². The Morgan fingerprint density at radius 1 is 1.32 bits per heavy atom. The van der Waals surface area contributed by atoms with Crippen LogP contribution in [0.3, 0.4) is 0 Å². The Kier molecular flexibility index (Phi) is 5.89. The first-order valence-corrected chi connectivity index (χ1v) is 7.30. The molecule has 7 heteroatoms. The quantitative estimate of drug-likeness (QED) is 0.643. The minimum atomic E-state index is -4.02. The summed E-state index contributed by atoms with van der Waals surface area (Å²) in [5, 5.41) is 8.93. The predicted molar refractivity (Wildman–Crippen MR) is 70.4 cm³/mol. The molecule has 1 aliphatic heterocycles. The van der Waals surface area contributed by atoms with Crippen LogP contribution in [0.15, 0.2) is 29.2 Å². The van der Waals surface area contributed by atoms with E-state index in [4.69, 9.17) is 20.1 Å². The maximum atomic E-state index is 10.5. The van der Waals surface area contributed by atoms with Crippen molar-refractivity contribution in [3.8, 4) is 0 Å². The third kappa shape index (κ3) is 5.66. The summed E-state index contributed by atoms with van der Waals surface area (Å²) in [5.74, 6) is 0. The summed E-state index contributed by atoms with van der Waals surface area (Å²) >= 11 is 0. The first-order valence-electron chi connectivity index (χ1n) is 5.86. The SMILES string of the molecule is Cc1ccc(S(=O)(=O)O)cc1.N[C@@H]1CCOC[C@H]1O. The molecule has 108 valence electrons. The zero-order valence-corrected chi connectivity index (χ0v) is 11.5. The fraction of sp³-hybridized carbons (Fsp3) is 0.500. The summed E-state index contributed by atoms with van der Waals surface area (Å²) in [6.07, 6.45) is 0.338. The van der Waals surface area contributed by atoms with Crippen LogP contribution in [0, 0.1) is 6.92 Å². The zero-order chi connectivity index (χ0) is 14.5. The molecular formula is C12H19NO5S. The van der Waals surface area contributed by atoms with E-state index in [1.165, 1.54) is 12.1 Å². The van der Waals surface area contributed by atoms with Crippen molar-refractivity contribution in [1.29, 1.82) is 0 Å². The van der Waals surface area contributed by atoms with Crippen LogP contribution in [0.4, 0.5) is 0 Å². The number of rotatable bonds is 1. The van der Waals surface area contributed by atoms with Gasteiger partial charge in [-0.1, -0.05) is 17.7 Å². The minimum Gasteiger partial charge on any atom is -0.389 e. The van der Waals surface area contributed by atoms with Crippen molar-refractivity contribution in [2.75, 3.05) is 13.2 Å². The van der Waals surface area contributed by atoms with Gasteiger partial charge in [0, 0.05) is 12.6 Å². The molecule has 0 amide bonds. The summed E-state index contributed by atoms with van der Waals surface area (Å²) in [6.45, 7) is 2.94. The van der Waals surface area contributed by atoms with E-state index < -0.39 is 16.2 Å². The summed E-state index contributed by atoms with van der Waals surface area (Å²) in [4.78, 5) is -0.0666. The molecule has 2 rings (SSSR count). The molecule has 1 heterocycles. The molecule has 0 aliphatic carbocycles. The van der Waals surface area contributed by atoms with E-state index in [0.29, 0.717) is 13.2 Å². The van der Waals surface area contributed by atoms with Crippen LogP contribution in [0.2, 0.25) is 0 Å². The van der Waals surface area contributed by atoms with Crippen LogP contribution in [-0.2, 0) is 14.9 Å². The van der Waals surface area contributed by atoms with Crippen molar-refractivity contribution in [2.45, 2.75) is 30.4 Å². The molecule has 0 saturated carbocycles. The Morgan fingerprint density at radius 2 is 1.89 bits per heavy atom. The van der Waals surface area contributed by atoms with Crippen LogP contribution < -0.4 is 5.73 Å². The Morgan fingerprint density at radius 3 is 2.26 bits per heavy atom. The number of aliphatic hydroxyl groups is 1. The number of hydrogen-bond acceptors (Lipinski definition) is 5. The monoisotopic (exact) mass is 289 g/mol. The zero-order valence-electron chi connectivity index (χ0n) is 10.7. The van der Waals surface area contributed by atoms with Gasteiger partial charge in [0.25, 0.3) is 10.1 Å². The molecule has 0 spiro atoms. The lowest BCUT2D eigenvalue weighted by Crippen LogP contribution is -2.42. The standard InChI is InChI=1S/C7H8O3S.C5H11NO2/c1-6-2-4-7(5-3-6)11(8,9)10;6-4-1-2-8-3-5(4)7/h2-5H,1H3,(H,8,9,10);4-5,7H,1-3,6H2/t;4-,5-/m.1/s1. The molecule has 0 radical (unpaired) electrons. The maximum Gasteiger partial charge on any atom is 0.294 e. The summed E-state index contributed by atoms with van der Waals surface area (Å²) in [7, 11) is -4.02. The topological polar surface area (TPSA) is 110 Å². The van der Waals surface area contributed by atoms with Crippen molar-refractivity contribution in [2.24, 2.45) is 5.73 Å². The van der Waals surface area contributed by atoms with E-state index in [1.807, 2.05) is 6.92 Å². The average Bonchev–Trinajstić information content (AvgIpc) is 2.33. The normalized spacial score (nSPS) is 23.4. The van der Waals surface area contributed by atoms with Gasteiger partial charge in [0.15, 0.2) is 0 Å². The summed E-state index contributed by atoms with van der Waals surface area (Å²) in [5.41, 5.74) is 6.40. The van der Waals surface area contributed by atoms with Gasteiger partial charge in [-0.15, -0.1) is 0 Å². The third-order valence-electron chi connectivity index (χ3n) is 2.70. The van der Waals surface area contributed by atoms with Gasteiger partial charge in [0.05, 0.1) is 17.6 Å². The lowest BCUT2D eigenvalue weighted by atomic mass is 10.1. The van der Waals surface area contributed by atoms with Crippen molar-refractivity contribution in [3.63, 3.8) is 0 Å². The van der Waals surface area contributed by atoms with Gasteiger partial charge in [-0.05, 0) is 25.5 Å². The van der Waals surface area contributed by atoms with E-state index in [9.17, 15) is 8.42 Å². The second-order valence-corrected chi connectivity index (χ2v) is 5.80. The highest BCUT2D eigenvalue weighted by molar-refractivity contribution is 7.85. The number of hydrogen-bond donors (Lipinski definition) is 3. The molecule has 1 aromatic carbocycles. The van der Waals surface area contributed by atoms with E-state index >= 15 is 0 Å². The van der Waals surface area contributed by atoms with Crippen molar-refractivity contribution in [3.05, 3.63) is 29.8 Å². The molecule has 0 unspecified atom stereocenters. The molecular weight excluding hydrogens is 270 g/mol. The van der Waals surface area contributed by atoms with Crippen molar-refractivity contribution in [1.82, 2.24) is 0 Å². The molecule has 1 saturated heterocycles. The van der Waals surface area contributed by atoms with Gasteiger partial charge in [0.2, 0.25) is 0 Å². The van der Waals surface area contributed by atoms with Gasteiger partial charge in [-0.2, -0.15) is 8.42 Å². The molecule has 1 fully saturated rings. The maximum absolute atomic E-state index is 10.5. The van der Waals surface area contributed by atoms with Gasteiger partial charge < -0.3 is 15.6 Å². The fourth-order valence-electron chi connectivity index (χ4n) is 1.45. The Labute approximate surface area is 112 Å². The third-order valence-corrected chi connectivity index (χ3v) is 3.57. The summed E-state index contributed by atoms with van der Waals surface area (Å²) in [6, 6.07) is 5.92. The molecule has 1 aromatic rings.